The van der Waals surface area contributed by atoms with Crippen molar-refractivity contribution in [3.8, 4) is 12.3 Å². The van der Waals surface area contributed by atoms with Crippen LogP contribution in [0.2, 0.25) is 0 Å². The van der Waals surface area contributed by atoms with Crippen molar-refractivity contribution in [3.05, 3.63) is 0 Å². The Labute approximate surface area is 70.0 Å². The number of nitrogens with zero attached hydrogens (tertiary/aromatic N) is 1. The van der Waals surface area contributed by atoms with Crippen molar-refractivity contribution in [2.24, 2.45) is 0 Å². The van der Waals surface area contributed by atoms with Crippen LogP contribution in [0.1, 0.15) is 26.2 Å². The van der Waals surface area contributed by atoms with Gasteiger partial charge >= 0.3 is 0 Å². The molecule has 0 spiro atoms. The van der Waals surface area contributed by atoms with Crippen LogP contribution in [0.3, 0.4) is 0 Å². The lowest BCUT2D eigenvalue weighted by Gasteiger charge is -2.33. The fraction of sp³-hybridized carbons (Fsp3) is 0.800. The second-order valence-electron chi connectivity index (χ2n) is 3.77. The molecule has 0 bridgehead atoms. The van der Waals surface area contributed by atoms with Gasteiger partial charge in [0.2, 0.25) is 0 Å². The second-order valence-corrected chi connectivity index (χ2v) is 3.77. The van der Waals surface area contributed by atoms with E-state index in [0.29, 0.717) is 0 Å². The average Bonchev–Trinajstić information content (AvgIpc) is 2.31. The predicted octanol–water partition coefficient (Wildman–Crippen LogP) is 1.64. The number of quaternary nitrogens is 1. The van der Waals surface area contributed by atoms with E-state index in [-0.39, 0.29) is 0 Å². The summed E-state index contributed by atoms with van der Waals surface area (Å²) in [4.78, 5) is 0. The molecule has 0 amide bonds. The van der Waals surface area contributed by atoms with Gasteiger partial charge in [-0.2, -0.15) is 0 Å². The summed E-state index contributed by atoms with van der Waals surface area (Å²) in [6.07, 6.45) is 9.35. The van der Waals surface area contributed by atoms with Gasteiger partial charge in [0.15, 0.2) is 0 Å². The molecule has 11 heavy (non-hydrogen) atoms. The highest BCUT2D eigenvalue weighted by atomic mass is 15.4. The average molecular weight is 152 g/mol. The van der Waals surface area contributed by atoms with Gasteiger partial charge < -0.3 is 4.48 Å². The molecule has 0 aliphatic carbocycles. The quantitative estimate of drug-likeness (QED) is 0.417. The molecule has 1 unspecified atom stereocenters. The van der Waals surface area contributed by atoms with Crippen LogP contribution in [0.5, 0.6) is 0 Å². The van der Waals surface area contributed by atoms with Crippen LogP contribution in [0.15, 0.2) is 0 Å². The molecule has 1 nitrogen and oxygen atoms in total. The zero-order chi connectivity index (χ0) is 8.32. The van der Waals surface area contributed by atoms with Gasteiger partial charge in [0.1, 0.15) is 6.54 Å². The Bertz CT molecular complexity index is 168. The SMILES string of the molecule is C#CC[N+]1(C)CCC[C@@H]1CC. The van der Waals surface area contributed by atoms with Crippen LogP contribution in [-0.4, -0.2) is 30.7 Å². The monoisotopic (exact) mass is 152 g/mol. The Hall–Kier alpha value is -0.480. The van der Waals surface area contributed by atoms with Crippen LogP contribution >= 0.6 is 0 Å². The van der Waals surface area contributed by atoms with E-state index in [1.165, 1.54) is 25.8 Å². The molecule has 1 fully saturated rings. The third-order valence-corrected chi connectivity index (χ3v) is 3.01. The van der Waals surface area contributed by atoms with Crippen LogP contribution in [0, 0.1) is 12.3 Å². The Morgan fingerprint density at radius 3 is 2.91 bits per heavy atom. The summed E-state index contributed by atoms with van der Waals surface area (Å²) in [6.45, 7) is 4.46. The highest BCUT2D eigenvalue weighted by Crippen LogP contribution is 2.26. The molecule has 1 rings (SSSR count). The standard InChI is InChI=1S/C10H18N/c1-4-8-11(3)9-6-7-10(11)5-2/h1,10H,5-9H2,2-3H3/q+1/t10-,11?/m0/s1. The minimum atomic E-state index is 0.825. The molecule has 1 heteroatoms. The third kappa shape index (κ3) is 1.57. The molecule has 1 aliphatic heterocycles. The lowest BCUT2D eigenvalue weighted by molar-refractivity contribution is -0.914. The van der Waals surface area contributed by atoms with Crippen molar-refractivity contribution in [3.63, 3.8) is 0 Å². The molecule has 0 aromatic heterocycles. The summed E-state index contributed by atoms with van der Waals surface area (Å²) in [6, 6.07) is 0.825. The van der Waals surface area contributed by atoms with Crippen molar-refractivity contribution in [2.45, 2.75) is 32.2 Å². The van der Waals surface area contributed by atoms with Crippen LogP contribution in [-0.2, 0) is 0 Å². The molecule has 0 aromatic rings. The van der Waals surface area contributed by atoms with Gasteiger partial charge in [-0.3, -0.25) is 0 Å². The molecule has 0 N–H and O–H groups in total. The molecule has 0 saturated carbocycles. The number of terminal acetylenes is 1. The van der Waals surface area contributed by atoms with E-state index in [2.05, 4.69) is 19.9 Å². The fourth-order valence-corrected chi connectivity index (χ4v) is 2.24. The number of hydrogen-bond acceptors (Lipinski definition) is 0. The first kappa shape index (κ1) is 8.62. The summed E-state index contributed by atoms with van der Waals surface area (Å²) < 4.78 is 1.12. The van der Waals surface area contributed by atoms with Gasteiger partial charge in [-0.1, -0.05) is 6.92 Å². The highest BCUT2D eigenvalue weighted by Gasteiger charge is 2.35. The molecule has 2 atom stereocenters. The molecule has 1 aliphatic rings. The Morgan fingerprint density at radius 2 is 2.36 bits per heavy atom. The smallest absolute Gasteiger partial charge is 0.140 e. The predicted molar refractivity (Wildman–Crippen MR) is 48.1 cm³/mol. The highest BCUT2D eigenvalue weighted by molar-refractivity contribution is 4.85. The Morgan fingerprint density at radius 1 is 1.64 bits per heavy atom. The van der Waals surface area contributed by atoms with E-state index in [0.717, 1.165) is 17.1 Å². The van der Waals surface area contributed by atoms with Gasteiger partial charge in [0, 0.05) is 12.8 Å². The van der Waals surface area contributed by atoms with Crippen molar-refractivity contribution < 1.29 is 4.48 Å². The Balaban J connectivity index is 2.60. The lowest BCUT2D eigenvalue weighted by Crippen LogP contribution is -2.47. The largest absolute Gasteiger partial charge is 0.314 e. The van der Waals surface area contributed by atoms with Crippen LogP contribution in [0.4, 0.5) is 0 Å². The lowest BCUT2D eigenvalue weighted by atomic mass is 10.1. The summed E-state index contributed by atoms with van der Waals surface area (Å²) in [7, 11) is 2.29. The summed E-state index contributed by atoms with van der Waals surface area (Å²) in [5.74, 6) is 2.79. The van der Waals surface area contributed by atoms with E-state index in [1.54, 1.807) is 0 Å². The summed E-state index contributed by atoms with van der Waals surface area (Å²) in [5, 5.41) is 0. The third-order valence-electron chi connectivity index (χ3n) is 3.01. The van der Waals surface area contributed by atoms with Gasteiger partial charge in [0.05, 0.1) is 19.6 Å². The maximum absolute atomic E-state index is 5.34. The van der Waals surface area contributed by atoms with Gasteiger partial charge in [-0.05, 0) is 12.3 Å². The summed E-state index contributed by atoms with van der Waals surface area (Å²) >= 11 is 0. The van der Waals surface area contributed by atoms with E-state index >= 15 is 0 Å². The Kier molecular flexibility index (Phi) is 2.57. The number of rotatable bonds is 2. The van der Waals surface area contributed by atoms with Crippen molar-refractivity contribution >= 4 is 0 Å². The fourth-order valence-electron chi connectivity index (χ4n) is 2.24. The maximum atomic E-state index is 5.34. The number of hydrogen-bond donors (Lipinski definition) is 0. The number of likely N-dealkylation sites (tertiary alicyclic amines) is 1. The minimum absolute atomic E-state index is 0.825. The minimum Gasteiger partial charge on any atom is -0.314 e. The second kappa shape index (κ2) is 3.28. The summed E-state index contributed by atoms with van der Waals surface area (Å²) in [5.41, 5.74) is 0. The van der Waals surface area contributed by atoms with Crippen LogP contribution < -0.4 is 0 Å². The van der Waals surface area contributed by atoms with Gasteiger partial charge in [-0.15, -0.1) is 6.42 Å². The zero-order valence-electron chi connectivity index (χ0n) is 7.64. The topological polar surface area (TPSA) is 0 Å². The first-order chi connectivity index (χ1) is 5.23. The van der Waals surface area contributed by atoms with Crippen LogP contribution in [0.25, 0.3) is 0 Å². The van der Waals surface area contributed by atoms with E-state index in [9.17, 15) is 0 Å². The van der Waals surface area contributed by atoms with Crippen molar-refractivity contribution in [1.29, 1.82) is 0 Å². The van der Waals surface area contributed by atoms with Gasteiger partial charge in [-0.25, -0.2) is 0 Å². The normalized spacial score (nSPS) is 37.0. The molecule has 0 radical (unpaired) electrons. The van der Waals surface area contributed by atoms with Gasteiger partial charge in [0.25, 0.3) is 0 Å². The van der Waals surface area contributed by atoms with E-state index in [1.807, 2.05) is 0 Å². The molecular formula is C10H18N+. The van der Waals surface area contributed by atoms with Crippen molar-refractivity contribution in [1.82, 2.24) is 0 Å². The van der Waals surface area contributed by atoms with E-state index in [4.69, 9.17) is 6.42 Å². The molecule has 0 aromatic carbocycles. The molecule has 1 saturated heterocycles. The first-order valence-electron chi connectivity index (χ1n) is 4.50. The zero-order valence-corrected chi connectivity index (χ0v) is 7.64. The van der Waals surface area contributed by atoms with Crippen molar-refractivity contribution in [2.75, 3.05) is 20.1 Å². The molecule has 1 heterocycles. The van der Waals surface area contributed by atoms with E-state index < -0.39 is 0 Å². The first-order valence-corrected chi connectivity index (χ1v) is 4.50. The maximum Gasteiger partial charge on any atom is 0.140 e. The molecule has 62 valence electrons. The molecular weight excluding hydrogens is 134 g/mol.